The van der Waals surface area contributed by atoms with Gasteiger partial charge in [-0.25, -0.2) is 0 Å². The first-order valence-corrected chi connectivity index (χ1v) is 3.74. The summed E-state index contributed by atoms with van der Waals surface area (Å²) in [6.45, 7) is 1.59. The molecule has 0 amide bonds. The molecule has 1 saturated carbocycles. The number of aliphatic hydroxyl groups is 1. The molecule has 1 heterocycles. The van der Waals surface area contributed by atoms with Crippen LogP contribution in [-0.2, 0) is 0 Å². The SMILES string of the molecule is Cl.OCC1CC2CNC2C1. The van der Waals surface area contributed by atoms with Gasteiger partial charge in [0, 0.05) is 12.6 Å². The molecular weight excluding hydrogens is 150 g/mol. The Morgan fingerprint density at radius 2 is 2.20 bits per heavy atom. The quantitative estimate of drug-likeness (QED) is 0.587. The molecule has 3 atom stereocenters. The minimum Gasteiger partial charge on any atom is -0.396 e. The average molecular weight is 164 g/mol. The summed E-state index contributed by atoms with van der Waals surface area (Å²) in [5.41, 5.74) is 0. The Hall–Kier alpha value is 0.210. The van der Waals surface area contributed by atoms with Gasteiger partial charge in [-0.05, 0) is 31.2 Å². The lowest BCUT2D eigenvalue weighted by atomic mass is 9.96. The molecule has 0 radical (unpaired) electrons. The van der Waals surface area contributed by atoms with Crippen LogP contribution in [0.2, 0.25) is 0 Å². The van der Waals surface area contributed by atoms with Gasteiger partial charge in [0.25, 0.3) is 0 Å². The van der Waals surface area contributed by atoms with Crippen molar-refractivity contribution in [2.45, 2.75) is 18.9 Å². The molecule has 3 heteroatoms. The Labute approximate surface area is 67.4 Å². The maximum Gasteiger partial charge on any atom is 0.0459 e. The van der Waals surface area contributed by atoms with Gasteiger partial charge in [-0.1, -0.05) is 0 Å². The largest absolute Gasteiger partial charge is 0.396 e. The van der Waals surface area contributed by atoms with E-state index in [1.165, 1.54) is 19.4 Å². The number of nitrogens with one attached hydrogen (secondary N) is 1. The van der Waals surface area contributed by atoms with Gasteiger partial charge in [0.15, 0.2) is 0 Å². The van der Waals surface area contributed by atoms with E-state index in [0.717, 1.165) is 12.0 Å². The van der Waals surface area contributed by atoms with E-state index in [1.807, 2.05) is 0 Å². The molecule has 1 aliphatic carbocycles. The highest BCUT2D eigenvalue weighted by molar-refractivity contribution is 5.85. The molecule has 1 saturated heterocycles. The maximum atomic E-state index is 8.80. The molecule has 2 N–H and O–H groups in total. The van der Waals surface area contributed by atoms with Crippen LogP contribution in [0.3, 0.4) is 0 Å². The number of fused-ring (bicyclic) bond motifs is 1. The monoisotopic (exact) mass is 163 g/mol. The zero-order valence-electron chi connectivity index (χ0n) is 5.92. The summed E-state index contributed by atoms with van der Waals surface area (Å²) in [6.07, 6.45) is 2.47. The van der Waals surface area contributed by atoms with E-state index in [-0.39, 0.29) is 12.4 Å². The van der Waals surface area contributed by atoms with E-state index in [9.17, 15) is 0 Å². The minimum absolute atomic E-state index is 0. The fourth-order valence-corrected chi connectivity index (χ4v) is 2.01. The van der Waals surface area contributed by atoms with Gasteiger partial charge in [0.05, 0.1) is 0 Å². The van der Waals surface area contributed by atoms with Crippen molar-refractivity contribution in [3.63, 3.8) is 0 Å². The molecule has 60 valence electrons. The van der Waals surface area contributed by atoms with Crippen LogP contribution in [0.1, 0.15) is 12.8 Å². The molecule has 2 fully saturated rings. The fourth-order valence-electron chi connectivity index (χ4n) is 2.01. The molecule has 0 aromatic carbocycles. The van der Waals surface area contributed by atoms with E-state index in [0.29, 0.717) is 12.5 Å². The third kappa shape index (κ3) is 1.16. The fraction of sp³-hybridized carbons (Fsp3) is 1.00. The van der Waals surface area contributed by atoms with Crippen molar-refractivity contribution in [2.75, 3.05) is 13.2 Å². The van der Waals surface area contributed by atoms with Crippen LogP contribution in [0, 0.1) is 11.8 Å². The molecule has 2 aliphatic rings. The first-order chi connectivity index (χ1) is 4.40. The highest BCUT2D eigenvalue weighted by Gasteiger charge is 2.39. The number of aliphatic hydroxyl groups excluding tert-OH is 1. The van der Waals surface area contributed by atoms with Crippen molar-refractivity contribution in [1.82, 2.24) is 5.32 Å². The summed E-state index contributed by atoms with van der Waals surface area (Å²) in [6, 6.07) is 0.766. The second kappa shape index (κ2) is 3.07. The number of rotatable bonds is 1. The van der Waals surface area contributed by atoms with Gasteiger partial charge in [0.1, 0.15) is 0 Å². The number of hydrogen-bond acceptors (Lipinski definition) is 2. The first-order valence-electron chi connectivity index (χ1n) is 3.74. The van der Waals surface area contributed by atoms with E-state index < -0.39 is 0 Å². The molecule has 2 rings (SSSR count). The Morgan fingerprint density at radius 1 is 1.40 bits per heavy atom. The molecule has 0 aromatic rings. The summed E-state index contributed by atoms with van der Waals surface area (Å²) < 4.78 is 0. The van der Waals surface area contributed by atoms with Crippen molar-refractivity contribution in [2.24, 2.45) is 11.8 Å². The number of hydrogen-bond donors (Lipinski definition) is 2. The van der Waals surface area contributed by atoms with Gasteiger partial charge in [-0.3, -0.25) is 0 Å². The summed E-state index contributed by atoms with van der Waals surface area (Å²) in [5.74, 6) is 1.51. The Morgan fingerprint density at radius 3 is 2.50 bits per heavy atom. The summed E-state index contributed by atoms with van der Waals surface area (Å²) in [4.78, 5) is 0. The van der Waals surface area contributed by atoms with Crippen molar-refractivity contribution in [1.29, 1.82) is 0 Å². The van der Waals surface area contributed by atoms with Crippen molar-refractivity contribution < 1.29 is 5.11 Å². The zero-order valence-corrected chi connectivity index (χ0v) is 6.73. The van der Waals surface area contributed by atoms with Crippen LogP contribution >= 0.6 is 12.4 Å². The highest BCUT2D eigenvalue weighted by Crippen LogP contribution is 2.35. The second-order valence-electron chi connectivity index (χ2n) is 3.29. The maximum absolute atomic E-state index is 8.80. The lowest BCUT2D eigenvalue weighted by molar-refractivity contribution is 0.227. The third-order valence-electron chi connectivity index (χ3n) is 2.69. The number of halogens is 1. The van der Waals surface area contributed by atoms with E-state index in [2.05, 4.69) is 5.32 Å². The van der Waals surface area contributed by atoms with Crippen molar-refractivity contribution in [3.05, 3.63) is 0 Å². The van der Waals surface area contributed by atoms with Gasteiger partial charge in [0.2, 0.25) is 0 Å². The van der Waals surface area contributed by atoms with Gasteiger partial charge >= 0.3 is 0 Å². The van der Waals surface area contributed by atoms with Crippen LogP contribution in [0.25, 0.3) is 0 Å². The molecular formula is C7H14ClNO. The van der Waals surface area contributed by atoms with Gasteiger partial charge in [-0.15, -0.1) is 12.4 Å². The first kappa shape index (κ1) is 8.31. The van der Waals surface area contributed by atoms with E-state index in [4.69, 9.17) is 5.11 Å². The van der Waals surface area contributed by atoms with Gasteiger partial charge < -0.3 is 10.4 Å². The summed E-state index contributed by atoms with van der Waals surface area (Å²) in [5, 5.41) is 12.2. The van der Waals surface area contributed by atoms with E-state index >= 15 is 0 Å². The predicted molar refractivity (Wildman–Crippen MR) is 42.3 cm³/mol. The smallest absolute Gasteiger partial charge is 0.0459 e. The topological polar surface area (TPSA) is 32.3 Å². The lowest BCUT2D eigenvalue weighted by Crippen LogP contribution is -2.49. The summed E-state index contributed by atoms with van der Waals surface area (Å²) in [7, 11) is 0. The molecule has 2 nitrogen and oxygen atoms in total. The third-order valence-corrected chi connectivity index (χ3v) is 2.69. The molecule has 0 aromatic heterocycles. The molecule has 0 spiro atoms. The molecule has 3 unspecified atom stereocenters. The highest BCUT2D eigenvalue weighted by atomic mass is 35.5. The van der Waals surface area contributed by atoms with Crippen LogP contribution in [0.5, 0.6) is 0 Å². The molecule has 1 aliphatic heterocycles. The van der Waals surface area contributed by atoms with Crippen LogP contribution in [-0.4, -0.2) is 24.3 Å². The molecule has 10 heavy (non-hydrogen) atoms. The Kier molecular flexibility index (Phi) is 2.55. The normalized spacial score (nSPS) is 43.5. The minimum atomic E-state index is 0. The predicted octanol–water partition coefficient (Wildman–Crippen LogP) is 0.398. The lowest BCUT2D eigenvalue weighted by Gasteiger charge is -2.31. The van der Waals surface area contributed by atoms with Crippen molar-refractivity contribution in [3.8, 4) is 0 Å². The van der Waals surface area contributed by atoms with Crippen LogP contribution in [0.15, 0.2) is 0 Å². The Balaban J connectivity index is 0.000000500. The second-order valence-corrected chi connectivity index (χ2v) is 3.29. The average Bonchev–Trinajstić information content (AvgIpc) is 2.10. The standard InChI is InChI=1S/C7H13NO.ClH/c9-4-5-1-6-3-8-7(6)2-5;/h5-9H,1-4H2;1H. The van der Waals surface area contributed by atoms with Crippen LogP contribution in [0.4, 0.5) is 0 Å². The van der Waals surface area contributed by atoms with Gasteiger partial charge in [-0.2, -0.15) is 0 Å². The summed E-state index contributed by atoms with van der Waals surface area (Å²) >= 11 is 0. The zero-order chi connectivity index (χ0) is 6.27. The molecule has 0 bridgehead atoms. The Bertz CT molecular complexity index is 108. The van der Waals surface area contributed by atoms with Crippen LogP contribution < -0.4 is 5.32 Å². The van der Waals surface area contributed by atoms with Crippen molar-refractivity contribution >= 4 is 12.4 Å². The van der Waals surface area contributed by atoms with E-state index in [1.54, 1.807) is 0 Å².